The zero-order valence-electron chi connectivity index (χ0n) is 20.9. The zero-order valence-corrected chi connectivity index (χ0v) is 20.9. The van der Waals surface area contributed by atoms with Crippen LogP contribution in [0, 0.1) is 5.92 Å². The minimum Gasteiger partial charge on any atom is -0.481 e. The molecule has 2 unspecified atom stereocenters. The molecule has 1 saturated heterocycles. The molecule has 0 bridgehead atoms. The van der Waals surface area contributed by atoms with Crippen LogP contribution < -0.4 is 20.9 Å². The number of carbonyl (C=O) groups excluding carboxylic acids is 4. The van der Waals surface area contributed by atoms with E-state index in [1.165, 1.54) is 7.11 Å². The molecule has 216 valence electrons. The van der Waals surface area contributed by atoms with Gasteiger partial charge in [0.1, 0.15) is 5.56 Å². The summed E-state index contributed by atoms with van der Waals surface area (Å²) in [6.07, 6.45) is -3.00. The lowest BCUT2D eigenvalue weighted by Gasteiger charge is -2.29. The van der Waals surface area contributed by atoms with Gasteiger partial charge in [0.05, 0.1) is 19.6 Å². The number of halogens is 3. The van der Waals surface area contributed by atoms with Crippen molar-refractivity contribution in [1.29, 1.82) is 0 Å². The Bertz CT molecular complexity index is 1280. The number of alkyl halides is 3. The molecule has 0 aromatic carbocycles. The van der Waals surface area contributed by atoms with Crippen LogP contribution in [0.4, 0.5) is 19.1 Å². The van der Waals surface area contributed by atoms with Gasteiger partial charge in [0.2, 0.25) is 17.7 Å². The molecule has 3 N–H and O–H groups in total. The third-order valence-electron chi connectivity index (χ3n) is 5.58. The van der Waals surface area contributed by atoms with Gasteiger partial charge in [-0.3, -0.25) is 24.7 Å². The van der Waals surface area contributed by atoms with E-state index in [0.717, 1.165) is 11.8 Å². The summed E-state index contributed by atoms with van der Waals surface area (Å²) in [5.41, 5.74) is -0.289. The number of pyridine rings is 1. The highest BCUT2D eigenvalue weighted by molar-refractivity contribution is 5.94. The van der Waals surface area contributed by atoms with Crippen molar-refractivity contribution in [1.82, 2.24) is 20.3 Å². The third kappa shape index (κ3) is 8.75. The van der Waals surface area contributed by atoms with Crippen LogP contribution in [0.5, 0.6) is 5.88 Å². The second-order valence-corrected chi connectivity index (χ2v) is 8.44. The Morgan fingerprint density at radius 2 is 1.90 bits per heavy atom. The van der Waals surface area contributed by atoms with Crippen LogP contribution in [-0.2, 0) is 28.9 Å². The van der Waals surface area contributed by atoms with E-state index in [0.29, 0.717) is 25.3 Å². The molecule has 0 spiro atoms. The van der Waals surface area contributed by atoms with Gasteiger partial charge >= 0.3 is 18.1 Å². The van der Waals surface area contributed by atoms with E-state index in [9.17, 15) is 37.1 Å². The molecule has 1 aliphatic heterocycles. The molecular formula is C23H24F3N5O9. The molecule has 17 heteroatoms. The minimum atomic E-state index is -5.36. The molecule has 40 heavy (non-hydrogen) atoms. The molecule has 2 aromatic rings. The van der Waals surface area contributed by atoms with E-state index in [1.54, 1.807) is 12.3 Å². The normalized spacial score (nSPS) is 16.9. The molecule has 2 atom stereocenters. The third-order valence-corrected chi connectivity index (χ3v) is 5.58. The first-order valence-electron chi connectivity index (χ1n) is 11.7. The van der Waals surface area contributed by atoms with Crippen LogP contribution in [0.1, 0.15) is 47.7 Å². The zero-order chi connectivity index (χ0) is 29.3. The number of aromatic nitrogens is 3. The van der Waals surface area contributed by atoms with E-state index in [-0.39, 0.29) is 30.1 Å². The molecule has 14 nitrogen and oxygen atoms in total. The van der Waals surface area contributed by atoms with Crippen LogP contribution in [0.2, 0.25) is 0 Å². The standard InChI is InChI=1S/C23H24F3N5O9/c1-37-17-4-2-13(10-27-17)15-8-12(6-7-38-15)9-28-19(34)14-11-29-22(31-20(14)35)30-16(32)3-5-18(33)39-40-21(36)23(24,25)26/h2,4,10-12,15H,3,5-9H2,1H3,(H,28,34)(H2,29,30,31,32,35). The van der Waals surface area contributed by atoms with E-state index >= 15 is 0 Å². The Hall–Kier alpha value is -4.54. The fourth-order valence-electron chi connectivity index (χ4n) is 3.52. The maximum absolute atomic E-state index is 12.5. The van der Waals surface area contributed by atoms with Crippen molar-refractivity contribution in [2.75, 3.05) is 25.6 Å². The van der Waals surface area contributed by atoms with Gasteiger partial charge in [0, 0.05) is 38.0 Å². The fourth-order valence-corrected chi connectivity index (χ4v) is 3.52. The van der Waals surface area contributed by atoms with Gasteiger partial charge in [-0.25, -0.2) is 29.3 Å². The highest BCUT2D eigenvalue weighted by atomic mass is 19.4. The van der Waals surface area contributed by atoms with Crippen molar-refractivity contribution in [3.8, 4) is 5.88 Å². The van der Waals surface area contributed by atoms with Gasteiger partial charge in [-0.15, -0.1) is 0 Å². The van der Waals surface area contributed by atoms with E-state index < -0.39 is 48.3 Å². The van der Waals surface area contributed by atoms with Gasteiger partial charge in [0.25, 0.3) is 11.5 Å². The summed E-state index contributed by atoms with van der Waals surface area (Å²) in [4.78, 5) is 75.7. The summed E-state index contributed by atoms with van der Waals surface area (Å²) in [6, 6.07) is 3.58. The molecule has 2 aromatic heterocycles. The highest BCUT2D eigenvalue weighted by Crippen LogP contribution is 2.31. The average molecular weight is 571 g/mol. The lowest BCUT2D eigenvalue weighted by atomic mass is 9.92. The van der Waals surface area contributed by atoms with Crippen LogP contribution in [0.15, 0.2) is 29.3 Å². The number of amides is 2. The van der Waals surface area contributed by atoms with Gasteiger partial charge in [-0.05, 0) is 30.4 Å². The predicted octanol–water partition coefficient (Wildman–Crippen LogP) is 1.35. The van der Waals surface area contributed by atoms with Crippen molar-refractivity contribution >= 4 is 29.7 Å². The first-order valence-corrected chi connectivity index (χ1v) is 11.7. The number of nitrogens with one attached hydrogen (secondary N) is 3. The number of hydrogen-bond donors (Lipinski definition) is 3. The van der Waals surface area contributed by atoms with Crippen molar-refractivity contribution in [2.45, 2.75) is 38.0 Å². The highest BCUT2D eigenvalue weighted by Gasteiger charge is 2.43. The molecule has 0 saturated carbocycles. The Morgan fingerprint density at radius 1 is 1.12 bits per heavy atom. The fraction of sp³-hybridized carbons (Fsp3) is 0.435. The quantitative estimate of drug-likeness (QED) is 0.291. The molecule has 3 rings (SSSR count). The van der Waals surface area contributed by atoms with Crippen molar-refractivity contribution < 1.29 is 51.6 Å². The molecule has 1 fully saturated rings. The maximum atomic E-state index is 12.5. The smallest absolute Gasteiger partial charge is 0.481 e. The largest absolute Gasteiger partial charge is 0.495 e. The molecule has 3 heterocycles. The predicted molar refractivity (Wildman–Crippen MR) is 125 cm³/mol. The van der Waals surface area contributed by atoms with Crippen LogP contribution in [-0.4, -0.2) is 65.1 Å². The van der Waals surface area contributed by atoms with E-state index in [2.05, 4.69) is 35.4 Å². The number of anilines is 1. The summed E-state index contributed by atoms with van der Waals surface area (Å²) in [5, 5.41) is 4.83. The average Bonchev–Trinajstić information content (AvgIpc) is 2.93. The second-order valence-electron chi connectivity index (χ2n) is 8.44. The second kappa shape index (κ2) is 13.5. The van der Waals surface area contributed by atoms with Crippen LogP contribution in [0.25, 0.3) is 0 Å². The Balaban J connectivity index is 1.44. The summed E-state index contributed by atoms with van der Waals surface area (Å²) in [5.74, 6) is -5.51. The lowest BCUT2D eigenvalue weighted by Crippen LogP contribution is -2.36. The Kier molecular flexibility index (Phi) is 10.1. The Labute approximate surface area is 223 Å². The molecule has 0 radical (unpaired) electrons. The van der Waals surface area contributed by atoms with E-state index in [4.69, 9.17) is 9.47 Å². The molecule has 1 aliphatic rings. The van der Waals surface area contributed by atoms with Crippen molar-refractivity contribution in [3.63, 3.8) is 0 Å². The van der Waals surface area contributed by atoms with Gasteiger partial charge in [-0.2, -0.15) is 13.2 Å². The van der Waals surface area contributed by atoms with E-state index in [1.807, 2.05) is 6.07 Å². The number of rotatable bonds is 9. The lowest BCUT2D eigenvalue weighted by molar-refractivity contribution is -0.285. The van der Waals surface area contributed by atoms with Gasteiger partial charge < -0.3 is 14.8 Å². The SMILES string of the molecule is COc1ccc(C2CC(CNC(=O)c3cnc(NC(=O)CCC(=O)OOC(=O)C(F)(F)F)[nH]c3=O)CCO2)cn1. The van der Waals surface area contributed by atoms with Crippen molar-refractivity contribution in [2.24, 2.45) is 5.92 Å². The maximum Gasteiger partial charge on any atom is 0.495 e. The van der Waals surface area contributed by atoms with Crippen LogP contribution >= 0.6 is 0 Å². The summed E-state index contributed by atoms with van der Waals surface area (Å²) >= 11 is 0. The number of nitrogens with zero attached hydrogens (tertiary/aromatic N) is 2. The number of H-pyrrole nitrogens is 1. The van der Waals surface area contributed by atoms with Gasteiger partial charge in [-0.1, -0.05) is 0 Å². The number of hydrogen-bond acceptors (Lipinski definition) is 11. The number of ether oxygens (including phenoxy) is 2. The molecule has 2 amide bonds. The first-order chi connectivity index (χ1) is 19.0. The summed E-state index contributed by atoms with van der Waals surface area (Å²) in [6.45, 7) is 0.749. The monoisotopic (exact) mass is 571 g/mol. The van der Waals surface area contributed by atoms with Crippen LogP contribution in [0.3, 0.4) is 0 Å². The topological polar surface area (TPSA) is 188 Å². The Morgan fingerprint density at radius 3 is 2.55 bits per heavy atom. The number of methoxy groups -OCH3 is 1. The number of aromatic amines is 1. The number of carbonyl (C=O) groups is 4. The molecular weight excluding hydrogens is 547 g/mol. The summed E-state index contributed by atoms with van der Waals surface area (Å²) in [7, 11) is 1.52. The van der Waals surface area contributed by atoms with Crippen molar-refractivity contribution in [3.05, 3.63) is 46.0 Å². The van der Waals surface area contributed by atoms with Gasteiger partial charge in [0.15, 0.2) is 0 Å². The molecule has 0 aliphatic carbocycles. The minimum absolute atomic E-state index is 0.0686. The summed E-state index contributed by atoms with van der Waals surface area (Å²) < 4.78 is 46.8. The first kappa shape index (κ1) is 30.0.